The fourth-order valence-electron chi connectivity index (χ4n) is 1.75. The second-order valence-electron chi connectivity index (χ2n) is 3.49. The third-order valence-electron chi connectivity index (χ3n) is 2.51. The summed E-state index contributed by atoms with van der Waals surface area (Å²) < 4.78 is 0. The summed E-state index contributed by atoms with van der Waals surface area (Å²) in [5.74, 6) is 0.283. The first-order valence-corrected chi connectivity index (χ1v) is 4.46. The number of carbonyl (C=O) groups excluding carboxylic acids is 2. The maximum Gasteiger partial charge on any atom is 0.330 e. The molecule has 1 rings (SSSR count). The van der Waals surface area contributed by atoms with E-state index in [9.17, 15) is 9.59 Å². The van der Waals surface area contributed by atoms with Gasteiger partial charge in [0.15, 0.2) is 0 Å². The van der Waals surface area contributed by atoms with E-state index in [4.69, 9.17) is 5.73 Å². The summed E-state index contributed by atoms with van der Waals surface area (Å²) >= 11 is 0. The van der Waals surface area contributed by atoms with Gasteiger partial charge in [-0.1, -0.05) is 13.3 Å². The van der Waals surface area contributed by atoms with Gasteiger partial charge in [0, 0.05) is 5.92 Å². The molecule has 74 valence electrons. The Kier molecular flexibility index (Phi) is 3.11. The number of urea groups is 1. The largest absolute Gasteiger partial charge is 0.350 e. The van der Waals surface area contributed by atoms with Crippen molar-refractivity contribution in [2.75, 3.05) is 0 Å². The Labute approximate surface area is 77.0 Å². The predicted molar refractivity (Wildman–Crippen MR) is 47.4 cm³/mol. The van der Waals surface area contributed by atoms with Crippen LogP contribution in [-0.4, -0.2) is 11.9 Å². The van der Waals surface area contributed by atoms with Crippen molar-refractivity contribution in [2.45, 2.75) is 26.2 Å². The van der Waals surface area contributed by atoms with Crippen LogP contribution in [0.5, 0.6) is 0 Å². The second kappa shape index (κ2) is 4.11. The molecule has 5 nitrogen and oxygen atoms in total. The number of nitrogens with one attached hydrogen (secondary N) is 2. The average Bonchev–Trinajstić information content (AvgIpc) is 2.47. The number of amides is 3. The Hall–Kier alpha value is -1.26. The minimum atomic E-state index is -0.737. The highest BCUT2D eigenvalue weighted by Crippen LogP contribution is 2.30. The van der Waals surface area contributed by atoms with Gasteiger partial charge in [0.1, 0.15) is 0 Å². The van der Waals surface area contributed by atoms with E-state index in [1.165, 1.54) is 0 Å². The van der Waals surface area contributed by atoms with Crippen molar-refractivity contribution in [3.05, 3.63) is 0 Å². The Bertz CT molecular complexity index is 217. The third kappa shape index (κ3) is 2.61. The molecular weight excluding hydrogens is 170 g/mol. The lowest BCUT2D eigenvalue weighted by molar-refractivity contribution is -0.126. The second-order valence-corrected chi connectivity index (χ2v) is 3.49. The number of carbonyl (C=O) groups is 2. The number of hydrogen-bond acceptors (Lipinski definition) is 2. The van der Waals surface area contributed by atoms with Crippen molar-refractivity contribution in [3.63, 3.8) is 0 Å². The van der Waals surface area contributed by atoms with Crippen LogP contribution in [0.1, 0.15) is 26.2 Å². The molecule has 13 heavy (non-hydrogen) atoms. The lowest BCUT2D eigenvalue weighted by atomic mass is 9.98. The van der Waals surface area contributed by atoms with Crippen LogP contribution < -0.4 is 16.6 Å². The third-order valence-corrected chi connectivity index (χ3v) is 2.51. The van der Waals surface area contributed by atoms with E-state index in [1.807, 2.05) is 6.92 Å². The summed E-state index contributed by atoms with van der Waals surface area (Å²) in [4.78, 5) is 21.7. The standard InChI is InChI=1S/C8H15N3O2/c1-5-3-2-4-6(5)7(12)10-11-8(9)13/h5-6H,2-4H2,1H3,(H,10,12)(H3,9,11,13). The summed E-state index contributed by atoms with van der Waals surface area (Å²) in [7, 11) is 0. The van der Waals surface area contributed by atoms with Gasteiger partial charge in [-0.05, 0) is 18.8 Å². The number of rotatable bonds is 1. The molecule has 1 saturated carbocycles. The lowest BCUT2D eigenvalue weighted by Gasteiger charge is -2.14. The first-order valence-electron chi connectivity index (χ1n) is 4.46. The van der Waals surface area contributed by atoms with E-state index in [0.29, 0.717) is 5.92 Å². The van der Waals surface area contributed by atoms with Crippen LogP contribution in [-0.2, 0) is 4.79 Å². The molecule has 0 spiro atoms. The Balaban J connectivity index is 2.34. The maximum absolute atomic E-state index is 11.4. The minimum absolute atomic E-state index is 0.0202. The summed E-state index contributed by atoms with van der Waals surface area (Å²) in [6.45, 7) is 2.04. The first kappa shape index (κ1) is 9.83. The molecule has 0 aromatic heterocycles. The zero-order valence-electron chi connectivity index (χ0n) is 7.67. The van der Waals surface area contributed by atoms with Gasteiger partial charge in [-0.15, -0.1) is 0 Å². The van der Waals surface area contributed by atoms with Gasteiger partial charge in [0.25, 0.3) is 0 Å². The van der Waals surface area contributed by atoms with E-state index in [-0.39, 0.29) is 11.8 Å². The van der Waals surface area contributed by atoms with Crippen LogP contribution in [0.3, 0.4) is 0 Å². The molecule has 0 heterocycles. The Morgan fingerprint density at radius 3 is 2.46 bits per heavy atom. The van der Waals surface area contributed by atoms with Gasteiger partial charge in [0.2, 0.25) is 5.91 Å². The van der Waals surface area contributed by atoms with Crippen LogP contribution in [0.2, 0.25) is 0 Å². The molecule has 1 fully saturated rings. The molecule has 0 bridgehead atoms. The van der Waals surface area contributed by atoms with E-state index in [2.05, 4.69) is 10.9 Å². The van der Waals surface area contributed by atoms with Crippen molar-refractivity contribution in [1.29, 1.82) is 0 Å². The Morgan fingerprint density at radius 2 is 2.00 bits per heavy atom. The summed E-state index contributed by atoms with van der Waals surface area (Å²) in [6, 6.07) is -0.737. The SMILES string of the molecule is CC1CCCC1C(=O)NNC(N)=O. The quantitative estimate of drug-likeness (QED) is 0.507. The summed E-state index contributed by atoms with van der Waals surface area (Å²) in [5.41, 5.74) is 9.18. The van der Waals surface area contributed by atoms with E-state index in [0.717, 1.165) is 19.3 Å². The number of nitrogens with two attached hydrogens (primary N) is 1. The van der Waals surface area contributed by atoms with Gasteiger partial charge in [0.05, 0.1) is 0 Å². The van der Waals surface area contributed by atoms with Crippen molar-refractivity contribution in [1.82, 2.24) is 10.9 Å². The number of hydrogen-bond donors (Lipinski definition) is 3. The topological polar surface area (TPSA) is 84.2 Å². The smallest absolute Gasteiger partial charge is 0.330 e. The van der Waals surface area contributed by atoms with E-state index in [1.54, 1.807) is 0 Å². The van der Waals surface area contributed by atoms with Gasteiger partial charge >= 0.3 is 6.03 Å². The molecular formula is C8H15N3O2. The lowest BCUT2D eigenvalue weighted by Crippen LogP contribution is -2.47. The number of hydrazine groups is 1. The molecule has 0 aromatic rings. The molecule has 1 aliphatic rings. The average molecular weight is 185 g/mol. The molecule has 5 heteroatoms. The van der Waals surface area contributed by atoms with Crippen molar-refractivity contribution in [2.24, 2.45) is 17.6 Å². The van der Waals surface area contributed by atoms with Gasteiger partial charge in [-0.25, -0.2) is 10.2 Å². The fraction of sp³-hybridized carbons (Fsp3) is 0.750. The predicted octanol–water partition coefficient (Wildman–Crippen LogP) is 0.122. The van der Waals surface area contributed by atoms with E-state index >= 15 is 0 Å². The molecule has 2 unspecified atom stereocenters. The molecule has 0 aromatic carbocycles. The normalized spacial score (nSPS) is 26.8. The van der Waals surface area contributed by atoms with Crippen molar-refractivity contribution >= 4 is 11.9 Å². The van der Waals surface area contributed by atoms with Gasteiger partial charge in [-0.3, -0.25) is 10.2 Å². The zero-order valence-corrected chi connectivity index (χ0v) is 7.67. The summed E-state index contributed by atoms with van der Waals surface area (Å²) in [6.07, 6.45) is 3.05. The molecule has 2 atom stereocenters. The zero-order chi connectivity index (χ0) is 9.84. The molecule has 0 radical (unpaired) electrons. The minimum Gasteiger partial charge on any atom is -0.350 e. The van der Waals surface area contributed by atoms with E-state index < -0.39 is 6.03 Å². The van der Waals surface area contributed by atoms with Gasteiger partial charge in [-0.2, -0.15) is 0 Å². The fourth-order valence-corrected chi connectivity index (χ4v) is 1.75. The van der Waals surface area contributed by atoms with Crippen molar-refractivity contribution < 1.29 is 9.59 Å². The van der Waals surface area contributed by atoms with Gasteiger partial charge < -0.3 is 5.73 Å². The van der Waals surface area contributed by atoms with Crippen LogP contribution in [0.4, 0.5) is 4.79 Å². The van der Waals surface area contributed by atoms with Crippen LogP contribution in [0.25, 0.3) is 0 Å². The molecule has 4 N–H and O–H groups in total. The highest BCUT2D eigenvalue weighted by Gasteiger charge is 2.29. The first-order chi connectivity index (χ1) is 6.11. The summed E-state index contributed by atoms with van der Waals surface area (Å²) in [5, 5.41) is 0. The van der Waals surface area contributed by atoms with Crippen LogP contribution in [0, 0.1) is 11.8 Å². The van der Waals surface area contributed by atoms with Crippen LogP contribution >= 0.6 is 0 Å². The molecule has 0 aliphatic heterocycles. The van der Waals surface area contributed by atoms with Crippen LogP contribution in [0.15, 0.2) is 0 Å². The molecule has 1 aliphatic carbocycles. The highest BCUT2D eigenvalue weighted by molar-refractivity contribution is 5.82. The molecule has 0 saturated heterocycles. The Morgan fingerprint density at radius 1 is 1.31 bits per heavy atom. The monoisotopic (exact) mass is 185 g/mol. The highest BCUT2D eigenvalue weighted by atomic mass is 16.2. The number of primary amides is 1. The maximum atomic E-state index is 11.4. The molecule has 3 amide bonds. The van der Waals surface area contributed by atoms with Crippen molar-refractivity contribution in [3.8, 4) is 0 Å².